The highest BCUT2D eigenvalue weighted by Gasteiger charge is 2.29. The number of carbonyl (C=O) groups excluding carboxylic acids is 3. The molecule has 6 aromatic heterocycles. The van der Waals surface area contributed by atoms with Gasteiger partial charge in [0.1, 0.15) is 28.4 Å². The minimum Gasteiger partial charge on any atom is -0.444 e. The van der Waals surface area contributed by atoms with Crippen LogP contribution in [0.2, 0.25) is 0 Å². The number of hydrogen-bond donors (Lipinski definition) is 5. The number of methoxy groups -OCH3 is 3. The molecule has 10 heterocycles. The Balaban J connectivity index is 0.000000190. The van der Waals surface area contributed by atoms with Crippen molar-refractivity contribution in [2.75, 3.05) is 159 Å². The molecule has 26 heteroatoms. The zero-order valence-electron chi connectivity index (χ0n) is 58.5. The number of piperazine rings is 3. The monoisotopic (exact) mass is 1330 g/mol. The van der Waals surface area contributed by atoms with Gasteiger partial charge in [-0.3, -0.25) is 39.4 Å². The van der Waals surface area contributed by atoms with Gasteiger partial charge in [-0.1, -0.05) is 19.1 Å². The van der Waals surface area contributed by atoms with E-state index in [0.717, 1.165) is 153 Å². The van der Waals surface area contributed by atoms with E-state index in [4.69, 9.17) is 28.8 Å². The molecule has 0 radical (unpaired) electrons. The number of rotatable bonds is 22. The summed E-state index contributed by atoms with van der Waals surface area (Å²) in [6, 6.07) is 12.5. The lowest BCUT2D eigenvalue weighted by molar-refractivity contribution is -0.0365. The van der Waals surface area contributed by atoms with Gasteiger partial charge in [-0.2, -0.15) is 10.2 Å². The average Bonchev–Trinajstić information content (AvgIpc) is 1.63. The molecule has 3 amide bonds. The Hall–Kier alpha value is -8.05. The van der Waals surface area contributed by atoms with Crippen LogP contribution in [-0.4, -0.2) is 262 Å². The van der Waals surface area contributed by atoms with Gasteiger partial charge < -0.3 is 59.0 Å². The predicted molar refractivity (Wildman–Crippen MR) is 375 cm³/mol. The first kappa shape index (κ1) is 71.7. The Morgan fingerprint density at radius 3 is 1.75 bits per heavy atom. The second-order valence-corrected chi connectivity index (χ2v) is 26.0. The Bertz CT molecular complexity index is 3850. The summed E-state index contributed by atoms with van der Waals surface area (Å²) < 4.78 is 29.1. The molecule has 4 aliphatic heterocycles. The fraction of sp³-hybridized carbons (Fsp3) is 0.535. The van der Waals surface area contributed by atoms with Crippen LogP contribution in [0, 0.1) is 13.8 Å². The molecule has 1 atom stereocenters. The molecule has 2 aromatic carbocycles. The molecule has 12 rings (SSSR count). The van der Waals surface area contributed by atoms with E-state index in [2.05, 4.69) is 117 Å². The van der Waals surface area contributed by atoms with E-state index in [1.807, 2.05) is 73.0 Å². The molecule has 0 bridgehead atoms. The van der Waals surface area contributed by atoms with Crippen molar-refractivity contribution >= 4 is 39.7 Å². The van der Waals surface area contributed by atoms with E-state index in [9.17, 15) is 14.4 Å². The Labute approximate surface area is 569 Å². The molecule has 0 saturated carbocycles. The van der Waals surface area contributed by atoms with Crippen LogP contribution in [0.3, 0.4) is 0 Å². The zero-order valence-corrected chi connectivity index (χ0v) is 58.5. The molecule has 0 spiro atoms. The van der Waals surface area contributed by atoms with Gasteiger partial charge in [0.15, 0.2) is 17.9 Å². The molecule has 4 fully saturated rings. The normalized spacial score (nSPS) is 16.7. The maximum atomic E-state index is 13.5. The summed E-state index contributed by atoms with van der Waals surface area (Å²) in [5.74, 6) is 0.996. The number of aromatic nitrogens is 10. The minimum absolute atomic E-state index is 0.0372. The number of aromatic amines is 3. The summed E-state index contributed by atoms with van der Waals surface area (Å²) in [6.45, 7) is 32.7. The predicted octanol–water partition coefficient (Wildman–Crippen LogP) is 8.03. The minimum atomic E-state index is -0.582. The van der Waals surface area contributed by atoms with Crippen molar-refractivity contribution in [2.45, 2.75) is 92.6 Å². The second-order valence-electron chi connectivity index (χ2n) is 26.0. The lowest BCUT2D eigenvalue weighted by Crippen LogP contribution is -2.49. The van der Waals surface area contributed by atoms with Crippen molar-refractivity contribution in [3.63, 3.8) is 0 Å². The maximum absolute atomic E-state index is 13.5. The van der Waals surface area contributed by atoms with Gasteiger partial charge in [0.05, 0.1) is 49.8 Å². The molecule has 4 aliphatic rings. The van der Waals surface area contributed by atoms with Crippen molar-refractivity contribution in [1.29, 1.82) is 0 Å². The van der Waals surface area contributed by atoms with Crippen LogP contribution in [0.4, 0.5) is 4.79 Å². The standard InChI is InChI=1S/C37H50N8O5.C27H34N8O2.C7H16N2O/c1-7-43(36(47)50-37(3,4)5)24-27-21-38-22-29(25(27)2)26-11-12-31-28(20-26)33(41-45(31)32-10-8-9-18-49-32)34-39-23-30(40-34)35(46)44-15-13-42(14-16-44)17-19-48-6;1-4-28-14-20-15-29-16-22(18(20)2)19-5-6-23-21(13-19)25(33-32-23)26-30-17-24(31-26)27(36)35-9-7-34(8-10-35)11-12-37-3;1-10-7-6-9-4-2-8-3-5-9/h11-12,20-23,32H,7-10,13-19,24H2,1-6H3,(H,39,40);5-6,13,15-17,28H,4,7-12,14H2,1-3H3,(H,30,31)(H,32,33);8H,2-7H2,1H3. The van der Waals surface area contributed by atoms with Crippen molar-refractivity contribution in [3.8, 4) is 45.3 Å². The molecule has 0 aliphatic carbocycles. The fourth-order valence-corrected chi connectivity index (χ4v) is 12.5. The van der Waals surface area contributed by atoms with E-state index in [1.165, 1.54) is 24.2 Å². The second kappa shape index (κ2) is 34.4. The first-order valence-electron chi connectivity index (χ1n) is 34.3. The summed E-state index contributed by atoms with van der Waals surface area (Å²) >= 11 is 0. The van der Waals surface area contributed by atoms with Crippen LogP contribution in [0.1, 0.15) is 103 Å². The number of pyridine rings is 2. The van der Waals surface area contributed by atoms with Gasteiger partial charge >= 0.3 is 6.09 Å². The van der Waals surface area contributed by atoms with Crippen LogP contribution in [0.25, 0.3) is 67.1 Å². The van der Waals surface area contributed by atoms with Crippen molar-refractivity contribution in [1.82, 2.24) is 89.9 Å². The molecule has 5 N–H and O–H groups in total. The highest BCUT2D eigenvalue weighted by atomic mass is 16.6. The van der Waals surface area contributed by atoms with Crippen molar-refractivity contribution in [2.24, 2.45) is 0 Å². The highest BCUT2D eigenvalue weighted by Crippen LogP contribution is 2.37. The maximum Gasteiger partial charge on any atom is 0.410 e. The topological polar surface area (TPSA) is 270 Å². The molecule has 522 valence electrons. The van der Waals surface area contributed by atoms with Gasteiger partial charge in [-0.25, -0.2) is 19.4 Å². The third kappa shape index (κ3) is 18.4. The third-order valence-corrected chi connectivity index (χ3v) is 18.3. The third-order valence-electron chi connectivity index (χ3n) is 18.3. The lowest BCUT2D eigenvalue weighted by Gasteiger charge is -2.34. The zero-order chi connectivity index (χ0) is 68.4. The van der Waals surface area contributed by atoms with Crippen molar-refractivity contribution in [3.05, 3.63) is 107 Å². The van der Waals surface area contributed by atoms with E-state index in [-0.39, 0.29) is 24.1 Å². The number of carbonyl (C=O) groups is 3. The first-order valence-corrected chi connectivity index (χ1v) is 34.3. The molecule has 26 nitrogen and oxygen atoms in total. The largest absolute Gasteiger partial charge is 0.444 e. The van der Waals surface area contributed by atoms with Gasteiger partial charge in [0.25, 0.3) is 11.8 Å². The number of benzene rings is 2. The number of ether oxygens (including phenoxy) is 5. The fourth-order valence-electron chi connectivity index (χ4n) is 12.5. The summed E-state index contributed by atoms with van der Waals surface area (Å²) in [7, 11) is 5.17. The van der Waals surface area contributed by atoms with Crippen LogP contribution >= 0.6 is 0 Å². The lowest BCUT2D eigenvalue weighted by atomic mass is 9.97. The smallest absolute Gasteiger partial charge is 0.410 e. The quantitative estimate of drug-likeness (QED) is 0.0429. The van der Waals surface area contributed by atoms with Gasteiger partial charge in [-0.05, 0) is 125 Å². The molecule has 1 unspecified atom stereocenters. The van der Waals surface area contributed by atoms with E-state index >= 15 is 0 Å². The van der Waals surface area contributed by atoms with Crippen LogP contribution in [0.15, 0.2) is 73.6 Å². The Morgan fingerprint density at radius 2 is 1.21 bits per heavy atom. The van der Waals surface area contributed by atoms with Gasteiger partial charge in [0, 0.05) is 186 Å². The molecule has 4 saturated heterocycles. The summed E-state index contributed by atoms with van der Waals surface area (Å²) in [6.07, 6.45) is 13.1. The first-order chi connectivity index (χ1) is 47.1. The van der Waals surface area contributed by atoms with E-state index < -0.39 is 5.60 Å². The van der Waals surface area contributed by atoms with Crippen molar-refractivity contribution < 1.29 is 38.1 Å². The summed E-state index contributed by atoms with van der Waals surface area (Å²) in [5.41, 5.74) is 11.9. The highest BCUT2D eigenvalue weighted by molar-refractivity contribution is 5.98. The number of imidazole rings is 2. The molecule has 8 aromatic rings. The summed E-state index contributed by atoms with van der Waals surface area (Å²) in [5, 5.41) is 21.2. The SMILES string of the molecule is CCN(Cc1cncc(-c2ccc3c(c2)c(-c2ncc(C(=O)N4CCN(CCOC)CC4)[nH]2)nn3C2CCCCO2)c1C)C(=O)OC(C)(C)C.CCNCc1cncc(-c2ccc3[nH]nc(-c4ncc(C(=O)N5CCN(CCOC)CC5)[nH]4)c3c2)c1C.COCCN1CCNCC1. The molecular weight excluding hydrogens is 1230 g/mol. The molecular formula is C71H100N18O8. The van der Waals surface area contributed by atoms with Gasteiger partial charge in [0.2, 0.25) is 0 Å². The number of fused-ring (bicyclic) bond motifs is 2. The number of H-pyrrole nitrogens is 3. The number of hydrogen-bond acceptors (Lipinski definition) is 19. The average molecular weight is 1330 g/mol. The Kier molecular flexibility index (Phi) is 25.5. The van der Waals surface area contributed by atoms with Crippen LogP contribution < -0.4 is 10.6 Å². The van der Waals surface area contributed by atoms with Crippen LogP contribution in [-0.2, 0) is 36.8 Å². The van der Waals surface area contributed by atoms with Gasteiger partial charge in [-0.15, -0.1) is 0 Å². The summed E-state index contributed by atoms with van der Waals surface area (Å²) in [4.78, 5) is 76.8. The number of nitrogens with zero attached hydrogens (tertiary/aromatic N) is 13. The van der Waals surface area contributed by atoms with Crippen LogP contribution in [0.5, 0.6) is 0 Å². The van der Waals surface area contributed by atoms with E-state index in [0.29, 0.717) is 93.5 Å². The van der Waals surface area contributed by atoms with E-state index in [1.54, 1.807) is 38.6 Å². The Morgan fingerprint density at radius 1 is 0.660 bits per heavy atom. The molecule has 97 heavy (non-hydrogen) atoms. The number of nitrogens with one attached hydrogen (secondary N) is 5. The number of amides is 3.